The monoisotopic (exact) mass is 250 g/mol. The largest absolute Gasteiger partial charge is 0.491 e. The van der Waals surface area contributed by atoms with Gasteiger partial charge in [0.25, 0.3) is 0 Å². The van der Waals surface area contributed by atoms with Gasteiger partial charge in [0, 0.05) is 32.7 Å². The third-order valence-electron chi connectivity index (χ3n) is 3.11. The third kappa shape index (κ3) is 4.29. The third-order valence-corrected chi connectivity index (χ3v) is 3.11. The van der Waals surface area contributed by atoms with E-state index in [1.807, 2.05) is 31.2 Å². The van der Waals surface area contributed by atoms with E-state index in [1.165, 1.54) is 5.56 Å². The summed E-state index contributed by atoms with van der Waals surface area (Å²) in [6.45, 7) is 7.09. The highest BCUT2D eigenvalue weighted by atomic mass is 16.5. The van der Waals surface area contributed by atoms with Gasteiger partial charge < -0.3 is 15.2 Å². The molecule has 1 fully saturated rings. The molecule has 18 heavy (non-hydrogen) atoms. The smallest absolute Gasteiger partial charge is 0.119 e. The number of nitrogens with zero attached hydrogens (tertiary/aromatic N) is 1. The molecule has 1 aromatic carbocycles. The number of aliphatic hydroxyl groups excluding tert-OH is 1. The van der Waals surface area contributed by atoms with E-state index in [1.54, 1.807) is 0 Å². The second-order valence-electron chi connectivity index (χ2n) is 4.83. The van der Waals surface area contributed by atoms with Crippen molar-refractivity contribution in [1.82, 2.24) is 10.2 Å². The number of nitrogens with one attached hydrogen (secondary N) is 1. The van der Waals surface area contributed by atoms with E-state index in [9.17, 15) is 5.11 Å². The van der Waals surface area contributed by atoms with Crippen LogP contribution in [0.5, 0.6) is 5.75 Å². The summed E-state index contributed by atoms with van der Waals surface area (Å²) in [6.07, 6.45) is -0.427. The minimum atomic E-state index is -0.427. The Bertz CT molecular complexity index is 365. The quantitative estimate of drug-likeness (QED) is 0.805. The summed E-state index contributed by atoms with van der Waals surface area (Å²) < 4.78 is 5.60. The lowest BCUT2D eigenvalue weighted by molar-refractivity contribution is 0.0641. The number of hydrogen-bond acceptors (Lipinski definition) is 4. The minimum absolute atomic E-state index is 0.355. The van der Waals surface area contributed by atoms with Crippen LogP contribution in [0.15, 0.2) is 24.3 Å². The average molecular weight is 250 g/mol. The van der Waals surface area contributed by atoms with Gasteiger partial charge in [-0.05, 0) is 24.6 Å². The lowest BCUT2D eigenvalue weighted by Crippen LogP contribution is -2.47. The molecule has 0 bridgehead atoms. The summed E-state index contributed by atoms with van der Waals surface area (Å²) in [5.74, 6) is 0.828. The molecule has 0 unspecified atom stereocenters. The van der Waals surface area contributed by atoms with Gasteiger partial charge in [-0.1, -0.05) is 12.1 Å². The van der Waals surface area contributed by atoms with Crippen molar-refractivity contribution in [3.8, 4) is 5.75 Å². The van der Waals surface area contributed by atoms with Crippen LogP contribution >= 0.6 is 0 Å². The normalized spacial score (nSPS) is 18.6. The number of hydrogen-bond donors (Lipinski definition) is 2. The van der Waals surface area contributed by atoms with Crippen molar-refractivity contribution in [2.45, 2.75) is 13.0 Å². The van der Waals surface area contributed by atoms with Gasteiger partial charge in [-0.15, -0.1) is 0 Å². The summed E-state index contributed by atoms with van der Waals surface area (Å²) in [4.78, 5) is 2.26. The van der Waals surface area contributed by atoms with Gasteiger partial charge in [0.2, 0.25) is 0 Å². The zero-order valence-electron chi connectivity index (χ0n) is 10.9. The molecule has 0 spiro atoms. The van der Waals surface area contributed by atoms with Crippen molar-refractivity contribution >= 4 is 0 Å². The summed E-state index contributed by atoms with van der Waals surface area (Å²) in [7, 11) is 0. The van der Waals surface area contributed by atoms with Crippen molar-refractivity contribution in [2.75, 3.05) is 39.3 Å². The second-order valence-corrected chi connectivity index (χ2v) is 4.83. The van der Waals surface area contributed by atoms with E-state index >= 15 is 0 Å². The van der Waals surface area contributed by atoms with Gasteiger partial charge in [-0.3, -0.25) is 4.90 Å². The van der Waals surface area contributed by atoms with Gasteiger partial charge in [0.1, 0.15) is 18.5 Å². The molecule has 100 valence electrons. The van der Waals surface area contributed by atoms with Crippen LogP contribution in [-0.2, 0) is 0 Å². The van der Waals surface area contributed by atoms with Crippen LogP contribution in [0.25, 0.3) is 0 Å². The fourth-order valence-electron chi connectivity index (χ4n) is 2.14. The Morgan fingerprint density at radius 2 is 2.17 bits per heavy atom. The molecule has 2 rings (SSSR count). The summed E-state index contributed by atoms with van der Waals surface area (Å²) in [6, 6.07) is 7.90. The first-order chi connectivity index (χ1) is 8.74. The molecule has 2 N–H and O–H groups in total. The number of rotatable bonds is 5. The fraction of sp³-hybridized carbons (Fsp3) is 0.571. The van der Waals surface area contributed by atoms with Gasteiger partial charge >= 0.3 is 0 Å². The minimum Gasteiger partial charge on any atom is -0.491 e. The standard InChI is InChI=1S/C14H22N2O2/c1-12-3-2-4-14(9-12)18-11-13(17)10-16-7-5-15-6-8-16/h2-4,9,13,15,17H,5-8,10-11H2,1H3/t13-/m0/s1. The van der Waals surface area contributed by atoms with Crippen LogP contribution < -0.4 is 10.1 Å². The van der Waals surface area contributed by atoms with Gasteiger partial charge in [0.15, 0.2) is 0 Å². The van der Waals surface area contributed by atoms with E-state index in [4.69, 9.17) is 4.74 Å². The Kier molecular flexibility index (Phi) is 4.99. The van der Waals surface area contributed by atoms with E-state index < -0.39 is 6.10 Å². The molecule has 0 saturated carbocycles. The van der Waals surface area contributed by atoms with E-state index in [-0.39, 0.29) is 0 Å². The second kappa shape index (κ2) is 6.73. The maximum atomic E-state index is 9.94. The fourth-order valence-corrected chi connectivity index (χ4v) is 2.14. The molecule has 0 amide bonds. The first-order valence-electron chi connectivity index (χ1n) is 6.54. The van der Waals surface area contributed by atoms with Crippen molar-refractivity contribution in [1.29, 1.82) is 0 Å². The summed E-state index contributed by atoms with van der Waals surface area (Å²) >= 11 is 0. The lowest BCUT2D eigenvalue weighted by Gasteiger charge is -2.29. The number of ether oxygens (including phenoxy) is 1. The molecule has 1 aliphatic heterocycles. The van der Waals surface area contributed by atoms with E-state index in [0.717, 1.165) is 31.9 Å². The van der Waals surface area contributed by atoms with Crippen LogP contribution in [0.2, 0.25) is 0 Å². The Morgan fingerprint density at radius 1 is 1.39 bits per heavy atom. The van der Waals surface area contributed by atoms with Crippen molar-refractivity contribution in [2.24, 2.45) is 0 Å². The van der Waals surface area contributed by atoms with Crippen LogP contribution in [0.3, 0.4) is 0 Å². The molecule has 1 atom stereocenters. The Morgan fingerprint density at radius 3 is 2.89 bits per heavy atom. The molecule has 0 aromatic heterocycles. The van der Waals surface area contributed by atoms with Crippen molar-refractivity contribution in [3.63, 3.8) is 0 Å². The number of piperazine rings is 1. The topological polar surface area (TPSA) is 44.7 Å². The van der Waals surface area contributed by atoms with Gasteiger partial charge in [-0.25, -0.2) is 0 Å². The van der Waals surface area contributed by atoms with Crippen LogP contribution in [0.1, 0.15) is 5.56 Å². The molecule has 1 heterocycles. The molecule has 0 radical (unpaired) electrons. The summed E-state index contributed by atoms with van der Waals surface area (Å²) in [5.41, 5.74) is 1.17. The Balaban J connectivity index is 1.72. The molecular formula is C14H22N2O2. The number of aliphatic hydroxyl groups is 1. The first-order valence-corrected chi connectivity index (χ1v) is 6.54. The number of benzene rings is 1. The molecule has 1 aliphatic rings. The Labute approximate surface area is 109 Å². The molecule has 4 heteroatoms. The van der Waals surface area contributed by atoms with Crippen LogP contribution in [-0.4, -0.2) is 55.4 Å². The van der Waals surface area contributed by atoms with E-state index in [0.29, 0.717) is 13.2 Å². The average Bonchev–Trinajstić information content (AvgIpc) is 2.38. The van der Waals surface area contributed by atoms with Gasteiger partial charge in [-0.2, -0.15) is 0 Å². The molecular weight excluding hydrogens is 228 g/mol. The number of β-amino-alcohol motifs (C(OH)–C–C–N with tert-alkyl or cyclic N) is 1. The van der Waals surface area contributed by atoms with Crippen molar-refractivity contribution in [3.05, 3.63) is 29.8 Å². The highest BCUT2D eigenvalue weighted by Gasteiger charge is 2.14. The van der Waals surface area contributed by atoms with Crippen LogP contribution in [0, 0.1) is 6.92 Å². The predicted molar refractivity (Wildman–Crippen MR) is 72.0 cm³/mol. The Hall–Kier alpha value is -1.10. The SMILES string of the molecule is Cc1cccc(OC[C@@H](O)CN2CCNCC2)c1. The highest BCUT2D eigenvalue weighted by Crippen LogP contribution is 2.12. The zero-order chi connectivity index (χ0) is 12.8. The van der Waals surface area contributed by atoms with Crippen LogP contribution in [0.4, 0.5) is 0 Å². The molecule has 0 aliphatic carbocycles. The molecule has 1 aromatic rings. The maximum absolute atomic E-state index is 9.94. The predicted octanol–water partition coefficient (Wildman–Crippen LogP) is 0.640. The lowest BCUT2D eigenvalue weighted by atomic mass is 10.2. The van der Waals surface area contributed by atoms with E-state index in [2.05, 4.69) is 10.2 Å². The summed E-state index contributed by atoms with van der Waals surface area (Å²) in [5, 5.41) is 13.2. The molecule has 4 nitrogen and oxygen atoms in total. The maximum Gasteiger partial charge on any atom is 0.119 e. The van der Waals surface area contributed by atoms with Crippen molar-refractivity contribution < 1.29 is 9.84 Å². The van der Waals surface area contributed by atoms with Gasteiger partial charge in [0.05, 0.1) is 0 Å². The zero-order valence-corrected chi connectivity index (χ0v) is 10.9. The molecule has 1 saturated heterocycles. The highest BCUT2D eigenvalue weighted by molar-refractivity contribution is 5.27. The first kappa shape index (κ1) is 13.3. The number of aryl methyl sites for hydroxylation is 1.